The van der Waals surface area contributed by atoms with Crippen LogP contribution in [0.2, 0.25) is 0 Å². The molecule has 0 saturated heterocycles. The van der Waals surface area contributed by atoms with Crippen LogP contribution in [0.5, 0.6) is 0 Å². The molecule has 0 aliphatic carbocycles. The van der Waals surface area contributed by atoms with Crippen LogP contribution in [0, 0.1) is 0 Å². The average molecular weight is 211 g/mol. The van der Waals surface area contributed by atoms with Crippen LogP contribution in [0.25, 0.3) is 0 Å². The lowest BCUT2D eigenvalue weighted by Gasteiger charge is -2.09. The number of nitrogen functional groups attached to an aromatic ring is 1. The lowest BCUT2D eigenvalue weighted by atomic mass is 10.4. The van der Waals surface area contributed by atoms with Gasteiger partial charge in [0, 0.05) is 19.3 Å². The number of hydrogen-bond donors (Lipinski definition) is 1. The largest absolute Gasteiger partial charge is 0.393 e. The molecule has 1 aromatic heterocycles. The van der Waals surface area contributed by atoms with Crippen LogP contribution in [0.15, 0.2) is 15.8 Å². The van der Waals surface area contributed by atoms with Gasteiger partial charge in [0.25, 0.3) is 5.56 Å². The minimum atomic E-state index is -0.380. The summed E-state index contributed by atoms with van der Waals surface area (Å²) in [4.78, 5) is 23.4. The van der Waals surface area contributed by atoms with Crippen LogP contribution in [-0.4, -0.2) is 9.13 Å². The van der Waals surface area contributed by atoms with E-state index in [-0.39, 0.29) is 16.9 Å². The van der Waals surface area contributed by atoms with Crippen molar-refractivity contribution in [1.82, 2.24) is 9.13 Å². The Morgan fingerprint density at radius 1 is 1.20 bits per heavy atom. The molecule has 0 spiro atoms. The van der Waals surface area contributed by atoms with Gasteiger partial charge in [-0.05, 0) is 12.8 Å². The van der Waals surface area contributed by atoms with E-state index < -0.39 is 0 Å². The fraction of sp³-hybridized carbons (Fsp3) is 0.600. The van der Waals surface area contributed by atoms with Gasteiger partial charge in [-0.2, -0.15) is 0 Å². The zero-order valence-corrected chi connectivity index (χ0v) is 9.19. The quantitative estimate of drug-likeness (QED) is 0.784. The third kappa shape index (κ3) is 2.29. The van der Waals surface area contributed by atoms with Crippen molar-refractivity contribution in [3.63, 3.8) is 0 Å². The monoisotopic (exact) mass is 211 g/mol. The van der Waals surface area contributed by atoms with Crippen molar-refractivity contribution < 1.29 is 0 Å². The molecule has 1 aromatic rings. The minimum Gasteiger partial charge on any atom is -0.393 e. The van der Waals surface area contributed by atoms with Crippen molar-refractivity contribution in [2.75, 3.05) is 5.73 Å². The number of anilines is 1. The van der Waals surface area contributed by atoms with Gasteiger partial charge in [0.05, 0.1) is 0 Å². The first-order valence-corrected chi connectivity index (χ1v) is 5.21. The zero-order valence-electron chi connectivity index (χ0n) is 9.19. The van der Waals surface area contributed by atoms with Crippen LogP contribution < -0.4 is 17.0 Å². The molecule has 0 amide bonds. The number of nitrogens with zero attached hydrogens (tertiary/aromatic N) is 2. The summed E-state index contributed by atoms with van der Waals surface area (Å²) in [5.74, 6) is 0. The van der Waals surface area contributed by atoms with Crippen molar-refractivity contribution in [1.29, 1.82) is 0 Å². The Balaban J connectivity index is 3.35. The first kappa shape index (κ1) is 11.6. The minimum absolute atomic E-state index is 0.136. The van der Waals surface area contributed by atoms with E-state index in [4.69, 9.17) is 5.73 Å². The molecule has 84 valence electrons. The molecule has 2 N–H and O–H groups in total. The molecule has 0 aromatic carbocycles. The molecule has 0 atom stereocenters. The Morgan fingerprint density at radius 2 is 1.80 bits per heavy atom. The normalized spacial score (nSPS) is 10.5. The lowest BCUT2D eigenvalue weighted by Crippen LogP contribution is -2.40. The maximum absolute atomic E-state index is 11.8. The second-order valence-corrected chi connectivity index (χ2v) is 3.52. The van der Waals surface area contributed by atoms with Gasteiger partial charge in [-0.15, -0.1) is 0 Å². The second-order valence-electron chi connectivity index (χ2n) is 3.52. The van der Waals surface area contributed by atoms with E-state index in [2.05, 4.69) is 0 Å². The van der Waals surface area contributed by atoms with Crippen molar-refractivity contribution in [3.8, 4) is 0 Å². The molecule has 1 heterocycles. The highest BCUT2D eigenvalue weighted by Gasteiger charge is 2.07. The van der Waals surface area contributed by atoms with Gasteiger partial charge >= 0.3 is 5.69 Å². The fourth-order valence-corrected chi connectivity index (χ4v) is 1.50. The predicted molar refractivity (Wildman–Crippen MR) is 60.0 cm³/mol. The van der Waals surface area contributed by atoms with Crippen LogP contribution in [0.1, 0.15) is 26.7 Å². The standard InChI is InChI=1S/C10H17N3O2/c1-3-5-12-7-8(11)9(14)13(6-4-2)10(12)15/h7H,3-6,11H2,1-2H3. The SMILES string of the molecule is CCCn1cc(N)c(=O)n(CCC)c1=O. The van der Waals surface area contributed by atoms with E-state index in [1.165, 1.54) is 15.3 Å². The highest BCUT2D eigenvalue weighted by molar-refractivity contribution is 5.30. The summed E-state index contributed by atoms with van der Waals surface area (Å²) < 4.78 is 2.69. The third-order valence-corrected chi connectivity index (χ3v) is 2.18. The third-order valence-electron chi connectivity index (χ3n) is 2.18. The Morgan fingerprint density at radius 3 is 2.33 bits per heavy atom. The summed E-state index contributed by atoms with van der Waals surface area (Å²) in [6.07, 6.45) is 3.01. The highest BCUT2D eigenvalue weighted by atomic mass is 16.2. The zero-order chi connectivity index (χ0) is 11.4. The van der Waals surface area contributed by atoms with E-state index in [0.29, 0.717) is 13.1 Å². The topological polar surface area (TPSA) is 70.0 Å². The van der Waals surface area contributed by atoms with Crippen molar-refractivity contribution in [2.24, 2.45) is 0 Å². The van der Waals surface area contributed by atoms with Crippen LogP contribution in [0.3, 0.4) is 0 Å². The number of aromatic nitrogens is 2. The molecule has 0 unspecified atom stereocenters. The van der Waals surface area contributed by atoms with Gasteiger partial charge in [0.1, 0.15) is 5.69 Å². The van der Waals surface area contributed by atoms with Gasteiger partial charge in [0.2, 0.25) is 0 Å². The Kier molecular flexibility index (Phi) is 3.71. The van der Waals surface area contributed by atoms with Gasteiger partial charge in [-0.1, -0.05) is 13.8 Å². The average Bonchev–Trinajstić information content (AvgIpc) is 2.21. The van der Waals surface area contributed by atoms with Crippen LogP contribution in [-0.2, 0) is 13.1 Å². The number of aryl methyl sites for hydroxylation is 1. The maximum atomic E-state index is 11.8. The molecule has 0 aliphatic heterocycles. The van der Waals surface area contributed by atoms with E-state index in [0.717, 1.165) is 12.8 Å². The molecule has 1 rings (SSSR count). The maximum Gasteiger partial charge on any atom is 0.331 e. The van der Waals surface area contributed by atoms with Crippen LogP contribution >= 0.6 is 0 Å². The Hall–Kier alpha value is -1.52. The second kappa shape index (κ2) is 4.82. The predicted octanol–water partition coefficient (Wildman–Crippen LogP) is 0.412. The lowest BCUT2D eigenvalue weighted by molar-refractivity contribution is 0.543. The van der Waals surface area contributed by atoms with E-state index in [1.54, 1.807) is 0 Å². The summed E-state index contributed by atoms with van der Waals surface area (Å²) in [7, 11) is 0. The molecule has 0 saturated carbocycles. The van der Waals surface area contributed by atoms with E-state index in [9.17, 15) is 9.59 Å². The molecule has 5 heteroatoms. The van der Waals surface area contributed by atoms with Crippen LogP contribution in [0.4, 0.5) is 5.69 Å². The number of rotatable bonds is 4. The highest BCUT2D eigenvalue weighted by Crippen LogP contribution is 1.92. The molecule has 15 heavy (non-hydrogen) atoms. The molecule has 0 fully saturated rings. The summed E-state index contributed by atoms with van der Waals surface area (Å²) in [6, 6.07) is 0. The molecular formula is C10H17N3O2. The summed E-state index contributed by atoms with van der Waals surface area (Å²) >= 11 is 0. The van der Waals surface area contributed by atoms with Gasteiger partial charge < -0.3 is 5.73 Å². The first-order chi connectivity index (χ1) is 7.11. The number of hydrogen-bond acceptors (Lipinski definition) is 3. The van der Waals surface area contributed by atoms with Gasteiger partial charge in [0.15, 0.2) is 0 Å². The van der Waals surface area contributed by atoms with Crippen molar-refractivity contribution in [3.05, 3.63) is 27.0 Å². The van der Waals surface area contributed by atoms with Gasteiger partial charge in [-0.25, -0.2) is 4.79 Å². The smallest absolute Gasteiger partial charge is 0.331 e. The first-order valence-electron chi connectivity index (χ1n) is 5.21. The molecule has 5 nitrogen and oxygen atoms in total. The summed E-state index contributed by atoms with van der Waals surface area (Å²) in [5.41, 5.74) is 5.05. The number of nitrogens with two attached hydrogens (primary N) is 1. The molecule has 0 aliphatic rings. The molecular weight excluding hydrogens is 194 g/mol. The van der Waals surface area contributed by atoms with Gasteiger partial charge in [-0.3, -0.25) is 13.9 Å². The Bertz CT molecular complexity index is 445. The van der Waals surface area contributed by atoms with E-state index >= 15 is 0 Å². The molecule has 0 radical (unpaired) electrons. The Labute approximate surface area is 88.1 Å². The van der Waals surface area contributed by atoms with E-state index in [1.807, 2.05) is 13.8 Å². The summed E-state index contributed by atoms with van der Waals surface area (Å²) in [5, 5.41) is 0. The van der Waals surface area contributed by atoms with Crippen molar-refractivity contribution >= 4 is 5.69 Å². The van der Waals surface area contributed by atoms with Crippen molar-refractivity contribution in [2.45, 2.75) is 39.8 Å². The fourth-order valence-electron chi connectivity index (χ4n) is 1.50. The summed E-state index contributed by atoms with van der Waals surface area (Å²) in [6.45, 7) is 4.90. The molecule has 0 bridgehead atoms.